The fraction of sp³-hybridized carbons (Fsp3) is 0.353. The van der Waals surface area contributed by atoms with Crippen molar-refractivity contribution >= 4 is 15.9 Å². The topological polar surface area (TPSA) is 47.3 Å². The van der Waals surface area contributed by atoms with Gasteiger partial charge in [0.05, 0.1) is 5.69 Å². The molecule has 4 nitrogen and oxygen atoms in total. The molecule has 0 atom stereocenters. The maximum Gasteiger partial charge on any atom is 0.148 e. The van der Waals surface area contributed by atoms with Crippen molar-refractivity contribution in [3.63, 3.8) is 0 Å². The van der Waals surface area contributed by atoms with E-state index in [2.05, 4.69) is 32.3 Å². The van der Waals surface area contributed by atoms with Gasteiger partial charge < -0.3 is 14.6 Å². The van der Waals surface area contributed by atoms with Crippen LogP contribution in [0.4, 0.5) is 0 Å². The zero-order valence-corrected chi connectivity index (χ0v) is 14.4. The molecule has 5 heteroatoms. The van der Waals surface area contributed by atoms with Crippen LogP contribution in [0.1, 0.15) is 22.6 Å². The Bertz CT molecular complexity index is 654. The summed E-state index contributed by atoms with van der Waals surface area (Å²) in [7, 11) is 0. The molecule has 1 heterocycles. The van der Waals surface area contributed by atoms with Crippen molar-refractivity contribution in [3.05, 3.63) is 45.3 Å². The summed E-state index contributed by atoms with van der Waals surface area (Å²) in [5.74, 6) is 4.18. The van der Waals surface area contributed by atoms with E-state index in [0.29, 0.717) is 6.54 Å². The summed E-state index contributed by atoms with van der Waals surface area (Å²) < 4.78 is 11.7. The molecule has 0 aliphatic heterocycles. The van der Waals surface area contributed by atoms with E-state index in [4.69, 9.17) is 15.7 Å². The van der Waals surface area contributed by atoms with Crippen LogP contribution in [0.15, 0.2) is 27.2 Å². The number of nitrogens with zero attached hydrogens (tertiary/aromatic N) is 1. The zero-order valence-electron chi connectivity index (χ0n) is 12.8. The highest BCUT2D eigenvalue weighted by atomic mass is 79.9. The molecule has 0 unspecified atom stereocenters. The predicted octanol–water partition coefficient (Wildman–Crippen LogP) is 3.40. The second kappa shape index (κ2) is 8.02. The molecule has 116 valence electrons. The van der Waals surface area contributed by atoms with Crippen LogP contribution in [-0.2, 0) is 13.0 Å². The number of halogens is 1. The van der Waals surface area contributed by atoms with Crippen molar-refractivity contribution < 1.29 is 9.26 Å². The molecule has 0 amide bonds. The number of benzene rings is 1. The van der Waals surface area contributed by atoms with Gasteiger partial charge in [0, 0.05) is 22.1 Å². The third kappa shape index (κ3) is 4.36. The predicted molar refractivity (Wildman–Crippen MR) is 89.9 cm³/mol. The normalized spacial score (nSPS) is 10.5. The SMILES string of the molecule is C#CCOc1ccc(Br)cc1CNCCc1c(C)noc1C. The van der Waals surface area contributed by atoms with Gasteiger partial charge in [-0.1, -0.05) is 27.0 Å². The van der Waals surface area contributed by atoms with Crippen LogP contribution in [0.25, 0.3) is 0 Å². The van der Waals surface area contributed by atoms with E-state index in [1.807, 2.05) is 32.0 Å². The van der Waals surface area contributed by atoms with Crippen LogP contribution in [-0.4, -0.2) is 18.3 Å². The summed E-state index contributed by atoms with van der Waals surface area (Å²) in [6.07, 6.45) is 6.13. The Morgan fingerprint density at radius 2 is 2.23 bits per heavy atom. The van der Waals surface area contributed by atoms with Gasteiger partial charge >= 0.3 is 0 Å². The molecule has 1 N–H and O–H groups in total. The Hall–Kier alpha value is -1.77. The average molecular weight is 363 g/mol. The van der Waals surface area contributed by atoms with Gasteiger partial charge in [0.2, 0.25) is 0 Å². The molecule has 2 rings (SSSR count). The minimum absolute atomic E-state index is 0.272. The number of ether oxygens (including phenoxy) is 1. The largest absolute Gasteiger partial charge is 0.481 e. The fourth-order valence-electron chi connectivity index (χ4n) is 2.24. The number of aromatic nitrogens is 1. The number of hydrogen-bond acceptors (Lipinski definition) is 4. The molecule has 0 saturated carbocycles. The summed E-state index contributed by atoms with van der Waals surface area (Å²) in [6.45, 7) is 5.72. The van der Waals surface area contributed by atoms with Crippen molar-refractivity contribution in [2.75, 3.05) is 13.2 Å². The summed E-state index contributed by atoms with van der Waals surface area (Å²) in [4.78, 5) is 0. The molecule has 1 aromatic heterocycles. The van der Waals surface area contributed by atoms with Crippen LogP contribution in [0.3, 0.4) is 0 Å². The Morgan fingerprint density at radius 1 is 1.41 bits per heavy atom. The average Bonchev–Trinajstić information content (AvgIpc) is 2.82. The van der Waals surface area contributed by atoms with E-state index in [-0.39, 0.29) is 6.61 Å². The molecule has 0 bridgehead atoms. The van der Waals surface area contributed by atoms with E-state index < -0.39 is 0 Å². The maximum absolute atomic E-state index is 5.56. The lowest BCUT2D eigenvalue weighted by molar-refractivity contribution is 0.364. The number of rotatable bonds is 7. The summed E-state index contributed by atoms with van der Waals surface area (Å²) >= 11 is 3.48. The molecule has 0 spiro atoms. The molecule has 22 heavy (non-hydrogen) atoms. The van der Waals surface area contributed by atoms with Gasteiger partial charge in [0.25, 0.3) is 0 Å². The van der Waals surface area contributed by atoms with E-state index >= 15 is 0 Å². The number of nitrogens with one attached hydrogen (secondary N) is 1. The Balaban J connectivity index is 1.91. The lowest BCUT2D eigenvalue weighted by atomic mass is 10.1. The monoisotopic (exact) mass is 362 g/mol. The summed E-state index contributed by atoms with van der Waals surface area (Å²) in [5, 5.41) is 7.38. The highest BCUT2D eigenvalue weighted by Gasteiger charge is 2.09. The molecule has 0 radical (unpaired) electrons. The van der Waals surface area contributed by atoms with Crippen molar-refractivity contribution in [3.8, 4) is 18.1 Å². The first-order chi connectivity index (χ1) is 10.6. The lowest BCUT2D eigenvalue weighted by Crippen LogP contribution is -2.18. The number of hydrogen-bond donors (Lipinski definition) is 1. The second-order valence-electron chi connectivity index (χ2n) is 4.97. The first kappa shape index (κ1) is 16.6. The van der Waals surface area contributed by atoms with Crippen LogP contribution in [0.2, 0.25) is 0 Å². The van der Waals surface area contributed by atoms with E-state index in [0.717, 1.165) is 40.2 Å². The highest BCUT2D eigenvalue weighted by molar-refractivity contribution is 9.10. The van der Waals surface area contributed by atoms with Gasteiger partial charge in [-0.3, -0.25) is 0 Å². The number of terminal acetylenes is 1. The van der Waals surface area contributed by atoms with Gasteiger partial charge in [-0.05, 0) is 45.0 Å². The van der Waals surface area contributed by atoms with Gasteiger partial charge in [-0.25, -0.2) is 0 Å². The third-order valence-electron chi connectivity index (χ3n) is 3.38. The van der Waals surface area contributed by atoms with E-state index in [9.17, 15) is 0 Å². The van der Waals surface area contributed by atoms with Crippen LogP contribution in [0.5, 0.6) is 5.75 Å². The first-order valence-corrected chi connectivity index (χ1v) is 7.88. The summed E-state index contributed by atoms with van der Waals surface area (Å²) in [5.41, 5.74) is 3.20. The Labute approximate surface area is 139 Å². The summed E-state index contributed by atoms with van der Waals surface area (Å²) in [6, 6.07) is 5.90. The molecule has 0 aliphatic carbocycles. The fourth-order valence-corrected chi connectivity index (χ4v) is 2.65. The minimum atomic E-state index is 0.272. The first-order valence-electron chi connectivity index (χ1n) is 7.09. The van der Waals surface area contributed by atoms with Crippen molar-refractivity contribution in [1.82, 2.24) is 10.5 Å². The molecular weight excluding hydrogens is 344 g/mol. The van der Waals surface area contributed by atoms with Gasteiger partial charge in [-0.15, -0.1) is 6.42 Å². The molecule has 0 saturated heterocycles. The van der Waals surface area contributed by atoms with E-state index in [1.165, 1.54) is 5.56 Å². The Kier molecular flexibility index (Phi) is 6.05. The molecule has 0 aliphatic rings. The lowest BCUT2D eigenvalue weighted by Gasteiger charge is -2.11. The number of aryl methyl sites for hydroxylation is 2. The van der Waals surface area contributed by atoms with Crippen LogP contribution >= 0.6 is 15.9 Å². The van der Waals surface area contributed by atoms with Gasteiger partial charge in [0.15, 0.2) is 0 Å². The molecule has 0 fully saturated rings. The van der Waals surface area contributed by atoms with Crippen LogP contribution < -0.4 is 10.1 Å². The maximum atomic E-state index is 5.56. The standard InChI is InChI=1S/C17H19BrN2O2/c1-4-9-21-17-6-5-15(18)10-14(17)11-19-8-7-16-12(2)20-22-13(16)3/h1,5-6,10,19H,7-9,11H2,2-3H3. The molecular formula is C17H19BrN2O2. The minimum Gasteiger partial charge on any atom is -0.481 e. The van der Waals surface area contributed by atoms with Crippen LogP contribution in [0, 0.1) is 26.2 Å². The van der Waals surface area contributed by atoms with Gasteiger partial charge in [0.1, 0.15) is 18.1 Å². The quantitative estimate of drug-likeness (QED) is 0.605. The van der Waals surface area contributed by atoms with Gasteiger partial charge in [-0.2, -0.15) is 0 Å². The smallest absolute Gasteiger partial charge is 0.148 e. The zero-order chi connectivity index (χ0) is 15.9. The molecule has 1 aromatic carbocycles. The third-order valence-corrected chi connectivity index (χ3v) is 3.88. The van der Waals surface area contributed by atoms with Crippen molar-refractivity contribution in [1.29, 1.82) is 0 Å². The highest BCUT2D eigenvalue weighted by Crippen LogP contribution is 2.23. The second-order valence-corrected chi connectivity index (χ2v) is 5.89. The Morgan fingerprint density at radius 3 is 2.91 bits per heavy atom. The van der Waals surface area contributed by atoms with E-state index in [1.54, 1.807) is 0 Å². The van der Waals surface area contributed by atoms with Crippen molar-refractivity contribution in [2.45, 2.75) is 26.8 Å². The molecule has 2 aromatic rings. The van der Waals surface area contributed by atoms with Crippen molar-refractivity contribution in [2.24, 2.45) is 0 Å².